The number of nitrogens with zero attached hydrogens (tertiary/aromatic N) is 4. The predicted octanol–water partition coefficient (Wildman–Crippen LogP) is 4.30. The molecule has 2 heterocycles. The Bertz CT molecular complexity index is 1900. The molecule has 1 saturated carbocycles. The van der Waals surface area contributed by atoms with Gasteiger partial charge in [0.25, 0.3) is 11.8 Å². The van der Waals surface area contributed by atoms with Gasteiger partial charge in [0, 0.05) is 41.6 Å². The maximum Gasteiger partial charge on any atom is 0.422 e. The predicted molar refractivity (Wildman–Crippen MR) is 181 cm³/mol. The number of rotatable bonds is 16. The third-order valence-corrected chi connectivity index (χ3v) is 7.98. The zero-order valence-corrected chi connectivity index (χ0v) is 28.3. The quantitative estimate of drug-likeness (QED) is 0.0945. The van der Waals surface area contributed by atoms with Crippen LogP contribution in [-0.4, -0.2) is 76.0 Å². The summed E-state index contributed by atoms with van der Waals surface area (Å²) in [5.74, 6) is -3.12. The number of aromatic nitrogens is 4. The fourth-order valence-corrected chi connectivity index (χ4v) is 5.06. The van der Waals surface area contributed by atoms with Gasteiger partial charge in [0.2, 0.25) is 17.7 Å². The number of alkyl halides is 3. The van der Waals surface area contributed by atoms with Gasteiger partial charge >= 0.3 is 18.2 Å². The standard InChI is InChI=1S/C34H32ClF3N8O6/c1-51-29(50)25(12-16-40-28(49)26(47)17-20-3-2-15-39-18-20)42-27(48)21-4-10-24(11-5-21)41-30-43-31(45-32(44-30)52-19-34(36,37)38)46-33(13-14-33)22-6-8-23(35)9-7-22/h2-11,15,18,25H,12-14,16-17,19H2,1H3,(H,40,49)(H,42,48)(H2,41,43,44,45,46)/t25-/m0/s1. The molecular formula is C34H32ClF3N8O6. The van der Waals surface area contributed by atoms with E-state index in [0.717, 1.165) is 12.7 Å². The Morgan fingerprint density at radius 1 is 0.962 bits per heavy atom. The van der Waals surface area contributed by atoms with Gasteiger partial charge in [-0.05, 0) is 72.9 Å². The lowest BCUT2D eigenvalue weighted by Crippen LogP contribution is -2.44. The van der Waals surface area contributed by atoms with E-state index < -0.39 is 53.9 Å². The number of halogens is 4. The molecule has 4 N–H and O–H groups in total. The van der Waals surface area contributed by atoms with Gasteiger partial charge in [0.05, 0.1) is 12.6 Å². The second kappa shape index (κ2) is 16.5. The average Bonchev–Trinajstić information content (AvgIpc) is 3.90. The minimum atomic E-state index is -4.63. The van der Waals surface area contributed by atoms with E-state index in [2.05, 4.69) is 41.2 Å². The highest BCUT2D eigenvalue weighted by atomic mass is 35.5. The number of anilines is 3. The SMILES string of the molecule is COC(=O)[C@H](CCNC(=O)C(=O)Cc1cccnc1)NC(=O)c1ccc(Nc2nc(NC3(c4ccc(Cl)cc4)CC3)nc(OCC(F)(F)F)n2)cc1. The summed E-state index contributed by atoms with van der Waals surface area (Å²) >= 11 is 6.02. The number of hydrogen-bond acceptors (Lipinski definition) is 12. The van der Waals surface area contributed by atoms with Crippen molar-refractivity contribution in [2.24, 2.45) is 0 Å². The van der Waals surface area contributed by atoms with Crippen molar-refractivity contribution in [3.63, 3.8) is 0 Å². The van der Waals surface area contributed by atoms with E-state index in [1.807, 2.05) is 12.1 Å². The number of pyridine rings is 1. The van der Waals surface area contributed by atoms with E-state index >= 15 is 0 Å². The highest BCUT2D eigenvalue weighted by Crippen LogP contribution is 2.48. The summed E-state index contributed by atoms with van der Waals surface area (Å²) in [6.07, 6.45) is -0.419. The van der Waals surface area contributed by atoms with Gasteiger partial charge in [-0.3, -0.25) is 19.4 Å². The molecule has 0 bridgehead atoms. The third kappa shape index (κ3) is 10.6. The number of amides is 2. The molecule has 52 heavy (non-hydrogen) atoms. The summed E-state index contributed by atoms with van der Waals surface area (Å²) in [5.41, 5.74) is 1.41. The van der Waals surface area contributed by atoms with E-state index in [4.69, 9.17) is 21.1 Å². The minimum absolute atomic E-state index is 0.0268. The first kappa shape index (κ1) is 37.4. The Hall–Kier alpha value is -5.84. The zero-order chi connectivity index (χ0) is 37.3. The number of ether oxygens (including phenoxy) is 2. The number of nitrogens with one attached hydrogen (secondary N) is 4. The zero-order valence-electron chi connectivity index (χ0n) is 27.5. The lowest BCUT2D eigenvalue weighted by Gasteiger charge is -2.19. The Balaban J connectivity index is 1.21. The molecule has 2 aromatic heterocycles. The first-order chi connectivity index (χ1) is 24.8. The van der Waals surface area contributed by atoms with E-state index in [0.29, 0.717) is 29.1 Å². The number of hydrogen-bond donors (Lipinski definition) is 4. The molecule has 1 atom stereocenters. The van der Waals surface area contributed by atoms with Gasteiger partial charge in [0.1, 0.15) is 6.04 Å². The molecule has 4 aromatic rings. The van der Waals surface area contributed by atoms with Crippen LogP contribution < -0.4 is 26.0 Å². The average molecular weight is 741 g/mol. The fourth-order valence-electron chi connectivity index (χ4n) is 4.94. The molecular weight excluding hydrogens is 709 g/mol. The molecule has 0 radical (unpaired) electrons. The molecule has 1 aliphatic rings. The highest BCUT2D eigenvalue weighted by Gasteiger charge is 2.45. The number of benzene rings is 2. The molecule has 1 fully saturated rings. The lowest BCUT2D eigenvalue weighted by molar-refractivity contribution is -0.154. The first-order valence-corrected chi connectivity index (χ1v) is 16.2. The van der Waals surface area contributed by atoms with E-state index in [9.17, 15) is 32.3 Å². The number of Topliss-reactive ketones (excluding diaryl/α,β-unsaturated/α-hetero) is 1. The van der Waals surface area contributed by atoms with Crippen molar-refractivity contribution in [2.75, 3.05) is 30.9 Å². The smallest absolute Gasteiger partial charge is 0.422 e. The first-order valence-electron chi connectivity index (χ1n) is 15.8. The third-order valence-electron chi connectivity index (χ3n) is 7.73. The molecule has 14 nitrogen and oxygen atoms in total. The summed E-state index contributed by atoms with van der Waals surface area (Å²) in [6.45, 7) is -1.73. The van der Waals surface area contributed by atoms with Crippen molar-refractivity contribution in [2.45, 2.75) is 43.4 Å². The van der Waals surface area contributed by atoms with Gasteiger partial charge in [-0.25, -0.2) is 4.79 Å². The molecule has 5 rings (SSSR count). The van der Waals surface area contributed by atoms with Gasteiger partial charge in [0.15, 0.2) is 6.61 Å². The molecule has 18 heteroatoms. The summed E-state index contributed by atoms with van der Waals surface area (Å²) in [5, 5.41) is 11.6. The summed E-state index contributed by atoms with van der Waals surface area (Å²) < 4.78 is 48.4. The van der Waals surface area contributed by atoms with Crippen LogP contribution in [0.5, 0.6) is 6.01 Å². The van der Waals surface area contributed by atoms with Crippen molar-refractivity contribution in [1.82, 2.24) is 30.6 Å². The lowest BCUT2D eigenvalue weighted by atomic mass is 10.1. The minimum Gasteiger partial charge on any atom is -0.467 e. The number of esters is 1. The van der Waals surface area contributed by atoms with Crippen LogP contribution in [0.1, 0.15) is 40.7 Å². The molecule has 0 aliphatic heterocycles. The number of methoxy groups -OCH3 is 1. The van der Waals surface area contributed by atoms with Crippen molar-refractivity contribution >= 4 is 52.8 Å². The molecule has 0 unspecified atom stereocenters. The second-order valence-electron chi connectivity index (χ2n) is 11.6. The molecule has 0 saturated heterocycles. The highest BCUT2D eigenvalue weighted by molar-refractivity contribution is 6.36. The number of carbonyl (C=O) groups is 4. The van der Waals surface area contributed by atoms with E-state index in [1.165, 1.54) is 36.7 Å². The van der Waals surface area contributed by atoms with Gasteiger partial charge in [-0.15, -0.1) is 0 Å². The van der Waals surface area contributed by atoms with Crippen molar-refractivity contribution in [3.8, 4) is 6.01 Å². The van der Waals surface area contributed by atoms with Crippen molar-refractivity contribution < 1.29 is 41.8 Å². The van der Waals surface area contributed by atoms with Crippen LogP contribution in [0.15, 0.2) is 73.1 Å². The topological polar surface area (TPSA) is 186 Å². The van der Waals surface area contributed by atoms with Crippen LogP contribution in [0.3, 0.4) is 0 Å². The van der Waals surface area contributed by atoms with Gasteiger partial charge in [-0.1, -0.05) is 29.8 Å². The fraction of sp³-hybridized carbons (Fsp3) is 0.294. The van der Waals surface area contributed by atoms with E-state index in [1.54, 1.807) is 24.3 Å². The Morgan fingerprint density at radius 3 is 2.31 bits per heavy atom. The normalized spacial score (nSPS) is 13.6. The van der Waals surface area contributed by atoms with Gasteiger partial charge < -0.3 is 30.7 Å². The van der Waals surface area contributed by atoms with E-state index in [-0.39, 0.29) is 36.8 Å². The Morgan fingerprint density at radius 2 is 1.67 bits per heavy atom. The van der Waals surface area contributed by atoms with Crippen LogP contribution in [0, 0.1) is 0 Å². The second-order valence-corrected chi connectivity index (χ2v) is 12.1. The largest absolute Gasteiger partial charge is 0.467 e. The summed E-state index contributed by atoms with van der Waals surface area (Å²) in [4.78, 5) is 66.1. The van der Waals surface area contributed by atoms with Crippen LogP contribution >= 0.6 is 11.6 Å². The van der Waals surface area contributed by atoms with Crippen LogP contribution in [0.4, 0.5) is 30.8 Å². The van der Waals surface area contributed by atoms with Crippen LogP contribution in [-0.2, 0) is 31.1 Å². The molecule has 2 amide bonds. The van der Waals surface area contributed by atoms with Crippen molar-refractivity contribution in [1.29, 1.82) is 0 Å². The Kier molecular flexibility index (Phi) is 11.8. The molecule has 2 aromatic carbocycles. The van der Waals surface area contributed by atoms with Crippen molar-refractivity contribution in [3.05, 3.63) is 94.8 Å². The summed E-state index contributed by atoms with van der Waals surface area (Å²) in [7, 11) is 1.14. The number of carbonyl (C=O) groups excluding carboxylic acids is 4. The maximum absolute atomic E-state index is 13.0. The molecule has 272 valence electrons. The molecule has 1 aliphatic carbocycles. The Labute approximate surface area is 299 Å². The monoisotopic (exact) mass is 740 g/mol. The number of ketones is 1. The van der Waals surface area contributed by atoms with Crippen LogP contribution in [0.25, 0.3) is 0 Å². The molecule has 0 spiro atoms. The van der Waals surface area contributed by atoms with Gasteiger partial charge in [-0.2, -0.15) is 28.1 Å². The summed E-state index contributed by atoms with van der Waals surface area (Å²) in [6, 6.07) is 14.5. The van der Waals surface area contributed by atoms with Crippen LogP contribution in [0.2, 0.25) is 5.02 Å². The maximum atomic E-state index is 13.0.